The predicted molar refractivity (Wildman–Crippen MR) is 64.1 cm³/mol. The normalized spacial score (nSPS) is 25.1. The first-order chi connectivity index (χ1) is 7.83. The number of benzene rings is 1. The number of hydrogen-bond donors (Lipinski definition) is 1. The minimum Gasteiger partial charge on any atom is -0.308 e. The van der Waals surface area contributed by atoms with Crippen molar-refractivity contribution in [3.05, 3.63) is 29.6 Å². The average Bonchev–Trinajstić information content (AvgIpc) is 2.65. The van der Waals surface area contributed by atoms with E-state index in [9.17, 15) is 12.8 Å². The quantitative estimate of drug-likeness (QED) is 0.879. The van der Waals surface area contributed by atoms with Gasteiger partial charge >= 0.3 is 0 Å². The van der Waals surface area contributed by atoms with Crippen LogP contribution in [0.1, 0.15) is 25.3 Å². The smallest absolute Gasteiger partial charge is 0.178 e. The van der Waals surface area contributed by atoms with E-state index in [4.69, 9.17) is 0 Å². The highest BCUT2D eigenvalue weighted by atomic mass is 32.2. The van der Waals surface area contributed by atoms with Crippen molar-refractivity contribution < 1.29 is 12.8 Å². The molecule has 0 bridgehead atoms. The summed E-state index contributed by atoms with van der Waals surface area (Å²) in [6, 6.07) is 4.34. The van der Waals surface area contributed by atoms with Crippen molar-refractivity contribution in [3.63, 3.8) is 0 Å². The fourth-order valence-electron chi connectivity index (χ4n) is 2.27. The van der Waals surface area contributed by atoms with Gasteiger partial charge in [0.25, 0.3) is 0 Å². The Morgan fingerprint density at radius 2 is 2.12 bits per heavy atom. The molecule has 1 N–H and O–H groups in total. The second kappa shape index (κ2) is 4.07. The maximum atomic E-state index is 13.5. The maximum Gasteiger partial charge on any atom is 0.178 e. The first-order valence-corrected chi connectivity index (χ1v) is 7.47. The largest absolute Gasteiger partial charge is 0.308 e. The molecular weight excluding hydrogens is 241 g/mol. The van der Waals surface area contributed by atoms with Crippen molar-refractivity contribution >= 4 is 9.84 Å². The fourth-order valence-corrected chi connectivity index (χ4v) is 3.04. The molecule has 0 radical (unpaired) electrons. The zero-order valence-corrected chi connectivity index (χ0v) is 10.8. The van der Waals surface area contributed by atoms with Crippen molar-refractivity contribution in [1.82, 2.24) is 5.32 Å². The molecule has 0 spiro atoms. The van der Waals surface area contributed by atoms with Crippen LogP contribution in [0.2, 0.25) is 0 Å². The summed E-state index contributed by atoms with van der Waals surface area (Å²) in [4.78, 5) is -0.218. The third kappa shape index (κ3) is 2.35. The van der Waals surface area contributed by atoms with Gasteiger partial charge in [-0.25, -0.2) is 12.8 Å². The molecule has 5 heteroatoms. The third-order valence-electron chi connectivity index (χ3n) is 3.34. The SMILES string of the molecule is CC1(c2ccc(F)c(S(C)(=O)=O)c2)CCCN1. The monoisotopic (exact) mass is 257 g/mol. The van der Waals surface area contributed by atoms with Crippen LogP contribution in [0, 0.1) is 5.82 Å². The van der Waals surface area contributed by atoms with Crippen LogP contribution in [0.5, 0.6) is 0 Å². The van der Waals surface area contributed by atoms with Crippen LogP contribution in [-0.2, 0) is 15.4 Å². The maximum absolute atomic E-state index is 13.5. The lowest BCUT2D eigenvalue weighted by Gasteiger charge is -2.25. The van der Waals surface area contributed by atoms with Crippen LogP contribution in [0.15, 0.2) is 23.1 Å². The topological polar surface area (TPSA) is 46.2 Å². The summed E-state index contributed by atoms with van der Waals surface area (Å²) < 4.78 is 36.4. The number of rotatable bonds is 2. The molecule has 3 nitrogen and oxygen atoms in total. The lowest BCUT2D eigenvalue weighted by molar-refractivity contribution is 0.432. The van der Waals surface area contributed by atoms with E-state index in [0.29, 0.717) is 0 Å². The second-order valence-corrected chi connectivity index (χ2v) is 6.76. The van der Waals surface area contributed by atoms with Crippen molar-refractivity contribution in [3.8, 4) is 0 Å². The van der Waals surface area contributed by atoms with Crippen molar-refractivity contribution in [1.29, 1.82) is 0 Å². The van der Waals surface area contributed by atoms with Crippen molar-refractivity contribution in [2.24, 2.45) is 0 Å². The van der Waals surface area contributed by atoms with Gasteiger partial charge in [0.1, 0.15) is 10.7 Å². The van der Waals surface area contributed by atoms with Gasteiger partial charge in [0.2, 0.25) is 0 Å². The molecular formula is C12H16FNO2S. The van der Waals surface area contributed by atoms with E-state index in [1.807, 2.05) is 6.92 Å². The van der Waals surface area contributed by atoms with Crippen LogP contribution >= 0.6 is 0 Å². The summed E-state index contributed by atoms with van der Waals surface area (Å²) in [6.07, 6.45) is 3.00. The molecule has 0 amide bonds. The minimum absolute atomic E-state index is 0.218. The Kier molecular flexibility index (Phi) is 2.99. The Bertz CT molecular complexity index is 533. The van der Waals surface area contributed by atoms with E-state index < -0.39 is 15.7 Å². The van der Waals surface area contributed by atoms with Crippen LogP contribution in [0.4, 0.5) is 4.39 Å². The highest BCUT2D eigenvalue weighted by molar-refractivity contribution is 7.90. The number of nitrogens with one attached hydrogen (secondary N) is 1. The Labute approximate surface area is 101 Å². The average molecular weight is 257 g/mol. The standard InChI is InChI=1S/C12H16FNO2S/c1-12(6-3-7-14-12)9-4-5-10(13)11(8-9)17(2,15)16/h4-5,8,14H,3,6-7H2,1-2H3. The van der Waals surface area contributed by atoms with E-state index in [1.165, 1.54) is 12.1 Å². The van der Waals surface area contributed by atoms with Crippen LogP contribution < -0.4 is 5.32 Å². The molecule has 0 aromatic heterocycles. The summed E-state index contributed by atoms with van der Waals surface area (Å²) in [6.45, 7) is 2.92. The lowest BCUT2D eigenvalue weighted by Crippen LogP contribution is -2.33. The molecule has 0 aliphatic carbocycles. The first kappa shape index (κ1) is 12.5. The molecule has 2 rings (SSSR count). The molecule has 1 saturated heterocycles. The Morgan fingerprint density at radius 3 is 2.65 bits per heavy atom. The van der Waals surface area contributed by atoms with Gasteiger partial charge in [-0.15, -0.1) is 0 Å². The molecule has 94 valence electrons. The summed E-state index contributed by atoms with van der Waals surface area (Å²) in [5, 5.41) is 3.33. The fraction of sp³-hybridized carbons (Fsp3) is 0.500. The Hall–Kier alpha value is -0.940. The minimum atomic E-state index is -3.52. The first-order valence-electron chi connectivity index (χ1n) is 5.58. The highest BCUT2D eigenvalue weighted by Gasteiger charge is 2.31. The van der Waals surface area contributed by atoms with Gasteiger partial charge < -0.3 is 5.32 Å². The van der Waals surface area contributed by atoms with Gasteiger partial charge in [-0.2, -0.15) is 0 Å². The Balaban J connectivity index is 2.52. The van der Waals surface area contributed by atoms with Gasteiger partial charge in [-0.1, -0.05) is 6.07 Å². The molecule has 1 heterocycles. The molecule has 1 aliphatic rings. The molecule has 1 unspecified atom stereocenters. The van der Waals surface area contributed by atoms with Crippen LogP contribution in [0.3, 0.4) is 0 Å². The Morgan fingerprint density at radius 1 is 1.41 bits per heavy atom. The number of sulfone groups is 1. The summed E-state index contributed by atoms with van der Waals surface area (Å²) >= 11 is 0. The highest BCUT2D eigenvalue weighted by Crippen LogP contribution is 2.32. The summed E-state index contributed by atoms with van der Waals surface area (Å²) in [7, 11) is -3.52. The summed E-state index contributed by atoms with van der Waals surface area (Å²) in [5.41, 5.74) is 0.587. The van der Waals surface area contributed by atoms with Gasteiger partial charge in [-0.3, -0.25) is 0 Å². The van der Waals surface area contributed by atoms with E-state index in [-0.39, 0.29) is 10.4 Å². The zero-order valence-electron chi connectivity index (χ0n) is 9.96. The lowest BCUT2D eigenvalue weighted by atomic mass is 9.91. The third-order valence-corrected chi connectivity index (χ3v) is 4.45. The van der Waals surface area contributed by atoms with Gasteiger partial charge in [0.15, 0.2) is 9.84 Å². The molecule has 1 atom stereocenters. The van der Waals surface area contributed by atoms with Gasteiger partial charge in [0, 0.05) is 11.8 Å². The molecule has 1 aliphatic heterocycles. The van der Waals surface area contributed by atoms with E-state index in [2.05, 4.69) is 5.32 Å². The summed E-state index contributed by atoms with van der Waals surface area (Å²) in [5.74, 6) is -0.683. The van der Waals surface area contributed by atoms with E-state index in [0.717, 1.165) is 31.2 Å². The molecule has 1 aromatic carbocycles. The molecule has 1 aromatic rings. The van der Waals surface area contributed by atoms with Crippen molar-refractivity contribution in [2.75, 3.05) is 12.8 Å². The van der Waals surface area contributed by atoms with Crippen molar-refractivity contribution in [2.45, 2.75) is 30.2 Å². The van der Waals surface area contributed by atoms with E-state index >= 15 is 0 Å². The van der Waals surface area contributed by atoms with Crippen LogP contribution in [-0.4, -0.2) is 21.2 Å². The van der Waals surface area contributed by atoms with Gasteiger partial charge in [0.05, 0.1) is 0 Å². The number of halogens is 1. The van der Waals surface area contributed by atoms with Crippen LogP contribution in [0.25, 0.3) is 0 Å². The zero-order chi connectivity index (χ0) is 12.7. The molecule has 17 heavy (non-hydrogen) atoms. The van der Waals surface area contributed by atoms with Gasteiger partial charge in [-0.05, 0) is 44.0 Å². The number of hydrogen-bond acceptors (Lipinski definition) is 3. The molecule has 0 saturated carbocycles. The predicted octanol–water partition coefficient (Wildman–Crippen LogP) is 1.83. The van der Waals surface area contributed by atoms with E-state index in [1.54, 1.807) is 6.07 Å². The molecule has 1 fully saturated rings. The second-order valence-electron chi connectivity index (χ2n) is 4.78.